The Hall–Kier alpha value is -2.72. The van der Waals surface area contributed by atoms with E-state index in [1.165, 1.54) is 6.92 Å². The number of H-pyrrole nitrogens is 1. The fourth-order valence-corrected chi connectivity index (χ4v) is 4.70. The second kappa shape index (κ2) is 9.50. The van der Waals surface area contributed by atoms with Gasteiger partial charge in [-0.1, -0.05) is 0 Å². The van der Waals surface area contributed by atoms with Crippen LogP contribution in [-0.4, -0.2) is 83.9 Å². The minimum atomic E-state index is -4.60. The molecule has 7 N–H and O–H groups in total. The number of anilines is 1. The zero-order valence-electron chi connectivity index (χ0n) is 17.9. The van der Waals surface area contributed by atoms with Crippen molar-refractivity contribution in [2.75, 3.05) is 18.5 Å². The molecule has 186 valence electrons. The number of carbonyl (C=O) groups excluding carboxylic acids is 2. The lowest BCUT2D eigenvalue weighted by Gasteiger charge is -2.19. The van der Waals surface area contributed by atoms with Gasteiger partial charge in [-0.15, -0.1) is 0 Å². The number of aliphatic hydroxyl groups is 2. The topological polar surface area (TPSA) is 230 Å². The first-order valence-electron chi connectivity index (χ1n) is 10.3. The smallest absolute Gasteiger partial charge is 0.387 e. The molecule has 2 aliphatic heterocycles. The van der Waals surface area contributed by atoms with Crippen LogP contribution in [0.1, 0.15) is 26.0 Å². The van der Waals surface area contributed by atoms with Crippen LogP contribution in [-0.2, 0) is 23.4 Å². The Bertz CT molecular complexity index is 1190. The molecule has 17 heteroatoms. The summed E-state index contributed by atoms with van der Waals surface area (Å²) in [6, 6.07) is -0.610. The molecule has 2 fully saturated rings. The molecule has 0 spiro atoms. The zero-order valence-corrected chi connectivity index (χ0v) is 18.8. The molecule has 2 aliphatic rings. The van der Waals surface area contributed by atoms with Crippen LogP contribution in [0.25, 0.3) is 11.2 Å². The molecule has 0 radical (unpaired) electrons. The molecule has 1 unspecified atom stereocenters. The number of aromatic amines is 1. The number of fused-ring (bicyclic) bond motifs is 1. The van der Waals surface area contributed by atoms with Crippen molar-refractivity contribution in [2.24, 2.45) is 0 Å². The summed E-state index contributed by atoms with van der Waals surface area (Å²) in [5.41, 5.74) is -0.731. The molecular formula is C17H24N7O9P. The standard InChI is InChI=1S/C17H24N7O9P/c1-7(25)21-13-10-14(20-6-19-13)24(17(29)22-10)16-12(27)11(26)9(33-16)5-32-34(30,31)23-15(28)8-3-2-4-18-8/h6,8-9,11-12,16,18,26-27H,2-5H2,1H3,(H,22,29)(H,19,20,21,25)(H2,23,28,30,31)/t8-,9+,11+,12+,16+/m0/s1. The molecule has 0 aromatic carbocycles. The van der Waals surface area contributed by atoms with Crippen molar-refractivity contribution in [3.8, 4) is 0 Å². The molecule has 0 saturated carbocycles. The number of carbonyl (C=O) groups is 2. The Morgan fingerprint density at radius 3 is 2.79 bits per heavy atom. The number of ether oxygens (including phenoxy) is 1. The van der Waals surface area contributed by atoms with E-state index in [2.05, 4.69) is 25.6 Å². The monoisotopic (exact) mass is 501 g/mol. The van der Waals surface area contributed by atoms with Gasteiger partial charge >= 0.3 is 13.4 Å². The highest BCUT2D eigenvalue weighted by molar-refractivity contribution is 7.51. The maximum absolute atomic E-state index is 12.6. The molecule has 0 aliphatic carbocycles. The molecule has 16 nitrogen and oxygen atoms in total. The van der Waals surface area contributed by atoms with Gasteiger partial charge in [0.25, 0.3) is 0 Å². The van der Waals surface area contributed by atoms with Crippen LogP contribution in [0, 0.1) is 0 Å². The van der Waals surface area contributed by atoms with E-state index in [1.807, 2.05) is 5.09 Å². The van der Waals surface area contributed by atoms with Gasteiger partial charge in [0.15, 0.2) is 17.7 Å². The number of nitrogens with one attached hydrogen (secondary N) is 4. The summed E-state index contributed by atoms with van der Waals surface area (Å²) in [7, 11) is -4.60. The average Bonchev–Trinajstić information content (AvgIpc) is 3.46. The number of imidazole rings is 1. The number of hydrogen-bond acceptors (Lipinski definition) is 11. The molecule has 4 heterocycles. The summed E-state index contributed by atoms with van der Waals surface area (Å²) in [6.45, 7) is 1.19. The first kappa shape index (κ1) is 24.4. The number of aromatic nitrogens is 4. The summed E-state index contributed by atoms with van der Waals surface area (Å²) in [5.74, 6) is -1.12. The van der Waals surface area contributed by atoms with E-state index in [4.69, 9.17) is 9.26 Å². The summed E-state index contributed by atoms with van der Waals surface area (Å²) >= 11 is 0. The Balaban J connectivity index is 1.48. The van der Waals surface area contributed by atoms with Gasteiger partial charge in [-0.2, -0.15) is 0 Å². The number of hydrogen-bond donors (Lipinski definition) is 7. The first-order valence-corrected chi connectivity index (χ1v) is 11.9. The van der Waals surface area contributed by atoms with E-state index in [9.17, 15) is 34.1 Å². The van der Waals surface area contributed by atoms with Crippen molar-refractivity contribution in [2.45, 2.75) is 50.3 Å². The SMILES string of the molecule is CC(=O)Nc1ncnc2c1[nH]c(=O)n2[C@@H]1O[C@H](COP(=O)(O)NC(=O)[C@@H]2CCCN2)[C@@H](O)[C@H]1O. The minimum absolute atomic E-state index is 0.0225. The summed E-state index contributed by atoms with van der Waals surface area (Å²) < 4.78 is 23.6. The van der Waals surface area contributed by atoms with Crippen LogP contribution < -0.4 is 21.4 Å². The third-order valence-corrected chi connectivity index (χ3v) is 6.44. The number of amides is 2. The second-order valence-corrected chi connectivity index (χ2v) is 9.41. The largest absolute Gasteiger partial charge is 0.432 e. The summed E-state index contributed by atoms with van der Waals surface area (Å²) in [6.07, 6.45) is -3.67. The summed E-state index contributed by atoms with van der Waals surface area (Å²) in [5, 5.41) is 28.1. The highest BCUT2D eigenvalue weighted by atomic mass is 31.2. The quantitative estimate of drug-likeness (QED) is 0.198. The van der Waals surface area contributed by atoms with Crippen LogP contribution in [0.5, 0.6) is 0 Å². The second-order valence-electron chi connectivity index (χ2n) is 7.89. The lowest BCUT2D eigenvalue weighted by Crippen LogP contribution is -2.39. The number of aliphatic hydroxyl groups excluding tert-OH is 2. The molecule has 2 saturated heterocycles. The van der Waals surface area contributed by atoms with E-state index < -0.39 is 62.4 Å². The van der Waals surface area contributed by atoms with E-state index in [0.29, 0.717) is 13.0 Å². The van der Waals surface area contributed by atoms with Crippen molar-refractivity contribution >= 4 is 36.5 Å². The zero-order chi connectivity index (χ0) is 24.6. The molecule has 34 heavy (non-hydrogen) atoms. The van der Waals surface area contributed by atoms with E-state index in [1.54, 1.807) is 0 Å². The van der Waals surface area contributed by atoms with Crippen LogP contribution in [0.4, 0.5) is 5.82 Å². The van der Waals surface area contributed by atoms with Gasteiger partial charge < -0.3 is 35.5 Å². The van der Waals surface area contributed by atoms with Crippen molar-refractivity contribution in [1.29, 1.82) is 0 Å². The van der Waals surface area contributed by atoms with E-state index in [0.717, 1.165) is 17.3 Å². The molecule has 4 rings (SSSR count). The van der Waals surface area contributed by atoms with Crippen molar-refractivity contribution < 1.29 is 38.5 Å². The lowest BCUT2D eigenvalue weighted by molar-refractivity contribution is -0.121. The molecule has 2 aromatic rings. The van der Waals surface area contributed by atoms with Crippen molar-refractivity contribution in [3.05, 3.63) is 16.8 Å². The van der Waals surface area contributed by atoms with Crippen LogP contribution in [0.15, 0.2) is 11.1 Å². The third-order valence-electron chi connectivity index (χ3n) is 5.43. The highest BCUT2D eigenvalue weighted by Crippen LogP contribution is 2.39. The van der Waals surface area contributed by atoms with E-state index >= 15 is 0 Å². The average molecular weight is 501 g/mol. The van der Waals surface area contributed by atoms with Gasteiger partial charge in [-0.05, 0) is 19.4 Å². The fraction of sp³-hybridized carbons (Fsp3) is 0.588. The number of rotatable bonds is 7. The van der Waals surface area contributed by atoms with Crippen molar-refractivity contribution in [3.63, 3.8) is 0 Å². The first-order chi connectivity index (χ1) is 16.1. The van der Waals surface area contributed by atoms with Crippen LogP contribution in [0.3, 0.4) is 0 Å². The lowest BCUT2D eigenvalue weighted by atomic mass is 10.1. The van der Waals surface area contributed by atoms with Gasteiger partial charge in [0.1, 0.15) is 30.2 Å². The van der Waals surface area contributed by atoms with E-state index in [-0.39, 0.29) is 17.0 Å². The highest BCUT2D eigenvalue weighted by Gasteiger charge is 2.46. The Kier molecular flexibility index (Phi) is 6.82. The molecule has 2 amide bonds. The van der Waals surface area contributed by atoms with Gasteiger partial charge in [-0.25, -0.2) is 23.9 Å². The third kappa shape index (κ3) is 4.88. The number of nitrogens with zero attached hydrogens (tertiary/aromatic N) is 3. The van der Waals surface area contributed by atoms with Gasteiger partial charge in [0.05, 0.1) is 12.6 Å². The maximum atomic E-state index is 12.6. The summed E-state index contributed by atoms with van der Waals surface area (Å²) in [4.78, 5) is 56.3. The Morgan fingerprint density at radius 2 is 2.12 bits per heavy atom. The Labute approximate surface area is 191 Å². The molecule has 0 bridgehead atoms. The Morgan fingerprint density at radius 1 is 1.35 bits per heavy atom. The van der Waals surface area contributed by atoms with Gasteiger partial charge in [-0.3, -0.25) is 19.2 Å². The van der Waals surface area contributed by atoms with Gasteiger partial charge in [0, 0.05) is 6.92 Å². The normalized spacial score (nSPS) is 28.6. The van der Waals surface area contributed by atoms with Crippen LogP contribution >= 0.6 is 7.75 Å². The predicted molar refractivity (Wildman–Crippen MR) is 113 cm³/mol. The predicted octanol–water partition coefficient (Wildman–Crippen LogP) is -2.32. The molecular weight excluding hydrogens is 477 g/mol. The molecule has 6 atom stereocenters. The minimum Gasteiger partial charge on any atom is -0.387 e. The van der Waals surface area contributed by atoms with Crippen LogP contribution in [0.2, 0.25) is 0 Å². The molecule has 2 aromatic heterocycles. The maximum Gasteiger partial charge on any atom is 0.432 e. The fourth-order valence-electron chi connectivity index (χ4n) is 3.85. The van der Waals surface area contributed by atoms with Crippen molar-refractivity contribution in [1.82, 2.24) is 29.9 Å². The van der Waals surface area contributed by atoms with Gasteiger partial charge in [0.2, 0.25) is 11.8 Å².